The van der Waals surface area contributed by atoms with Crippen molar-refractivity contribution in [2.75, 3.05) is 14.2 Å². The second-order valence-corrected chi connectivity index (χ2v) is 3.06. The van der Waals surface area contributed by atoms with E-state index in [1.165, 1.54) is 5.56 Å². The fourth-order valence-electron chi connectivity index (χ4n) is 1.36. The van der Waals surface area contributed by atoms with Crippen LogP contribution in [0.1, 0.15) is 18.1 Å². The molecule has 0 unspecified atom stereocenters. The quantitative estimate of drug-likeness (QED) is 0.732. The largest absolute Gasteiger partial charge is 0.493 e. The third-order valence-electron chi connectivity index (χ3n) is 2.12. The van der Waals surface area contributed by atoms with Crippen molar-refractivity contribution in [2.24, 2.45) is 0 Å². The highest BCUT2D eigenvalue weighted by Gasteiger charge is 2.05. The Bertz CT molecular complexity index is 340. The van der Waals surface area contributed by atoms with Crippen LogP contribution in [0.25, 0.3) is 6.08 Å². The molecule has 0 fully saturated rings. The lowest BCUT2D eigenvalue weighted by atomic mass is 10.1. The van der Waals surface area contributed by atoms with Crippen LogP contribution in [0.5, 0.6) is 11.5 Å². The Hall–Kier alpha value is -1.44. The summed E-state index contributed by atoms with van der Waals surface area (Å²) in [6.45, 7) is 4.05. The van der Waals surface area contributed by atoms with Crippen LogP contribution in [0, 0.1) is 6.92 Å². The molecule has 14 heavy (non-hydrogen) atoms. The lowest BCUT2D eigenvalue weighted by Gasteiger charge is -2.10. The van der Waals surface area contributed by atoms with Gasteiger partial charge in [-0.2, -0.15) is 0 Å². The molecule has 0 aromatic heterocycles. The molecule has 0 bridgehead atoms. The molecule has 1 rings (SSSR count). The summed E-state index contributed by atoms with van der Waals surface area (Å²) >= 11 is 0. The van der Waals surface area contributed by atoms with E-state index in [4.69, 9.17) is 9.47 Å². The van der Waals surface area contributed by atoms with Crippen LogP contribution in [-0.2, 0) is 0 Å². The van der Waals surface area contributed by atoms with Gasteiger partial charge < -0.3 is 9.47 Å². The van der Waals surface area contributed by atoms with Crippen LogP contribution in [0.4, 0.5) is 0 Å². The van der Waals surface area contributed by atoms with Crippen molar-refractivity contribution >= 4 is 6.08 Å². The number of aryl methyl sites for hydroxylation is 1. The molecule has 0 aliphatic heterocycles. The average Bonchev–Trinajstić information content (AvgIpc) is 2.20. The highest BCUT2D eigenvalue weighted by atomic mass is 16.5. The average molecular weight is 192 g/mol. The molecule has 0 atom stereocenters. The van der Waals surface area contributed by atoms with Crippen molar-refractivity contribution in [3.05, 3.63) is 29.3 Å². The molecule has 0 N–H and O–H groups in total. The third-order valence-corrected chi connectivity index (χ3v) is 2.12. The maximum absolute atomic E-state index is 5.22. The molecule has 1 aromatic rings. The summed E-state index contributed by atoms with van der Waals surface area (Å²) in [5.74, 6) is 1.55. The molecular formula is C12H16O2. The van der Waals surface area contributed by atoms with Gasteiger partial charge in [-0.15, -0.1) is 0 Å². The van der Waals surface area contributed by atoms with E-state index < -0.39 is 0 Å². The Morgan fingerprint density at radius 3 is 2.14 bits per heavy atom. The van der Waals surface area contributed by atoms with E-state index in [9.17, 15) is 0 Å². The minimum absolute atomic E-state index is 0.770. The fourth-order valence-corrected chi connectivity index (χ4v) is 1.36. The van der Waals surface area contributed by atoms with E-state index in [2.05, 4.69) is 13.0 Å². The molecule has 0 amide bonds. The van der Waals surface area contributed by atoms with E-state index in [-0.39, 0.29) is 0 Å². The SMILES string of the molecule is CC=Cc1cc(OC)c(OC)cc1C. The number of hydrogen-bond donors (Lipinski definition) is 0. The molecular weight excluding hydrogens is 176 g/mol. The Balaban J connectivity index is 3.23. The molecule has 0 aliphatic carbocycles. The van der Waals surface area contributed by atoms with Crippen LogP contribution in [-0.4, -0.2) is 14.2 Å². The van der Waals surface area contributed by atoms with Gasteiger partial charge in [-0.25, -0.2) is 0 Å². The summed E-state index contributed by atoms with van der Waals surface area (Å²) in [7, 11) is 3.29. The normalized spacial score (nSPS) is 10.6. The van der Waals surface area contributed by atoms with Crippen molar-refractivity contribution < 1.29 is 9.47 Å². The smallest absolute Gasteiger partial charge is 0.161 e. The van der Waals surface area contributed by atoms with E-state index in [0.29, 0.717) is 0 Å². The van der Waals surface area contributed by atoms with Gasteiger partial charge in [0, 0.05) is 0 Å². The Labute approximate surface area is 85.2 Å². The number of benzene rings is 1. The molecule has 0 saturated heterocycles. The summed E-state index contributed by atoms with van der Waals surface area (Å²) in [5.41, 5.74) is 2.34. The molecule has 2 nitrogen and oxygen atoms in total. The lowest BCUT2D eigenvalue weighted by Crippen LogP contribution is -1.92. The summed E-state index contributed by atoms with van der Waals surface area (Å²) in [5, 5.41) is 0. The van der Waals surface area contributed by atoms with Gasteiger partial charge in [0.2, 0.25) is 0 Å². The molecule has 76 valence electrons. The van der Waals surface area contributed by atoms with Crippen LogP contribution < -0.4 is 9.47 Å². The molecule has 0 spiro atoms. The van der Waals surface area contributed by atoms with Gasteiger partial charge in [-0.1, -0.05) is 12.2 Å². The number of allylic oxidation sites excluding steroid dienone is 1. The fraction of sp³-hybridized carbons (Fsp3) is 0.333. The molecule has 2 heteroatoms. The number of methoxy groups -OCH3 is 2. The van der Waals surface area contributed by atoms with Gasteiger partial charge in [-0.3, -0.25) is 0 Å². The molecule has 0 heterocycles. The zero-order valence-corrected chi connectivity index (χ0v) is 9.13. The second kappa shape index (κ2) is 4.70. The van der Waals surface area contributed by atoms with E-state index in [1.54, 1.807) is 14.2 Å². The first-order valence-electron chi connectivity index (χ1n) is 4.58. The maximum Gasteiger partial charge on any atom is 0.161 e. The van der Waals surface area contributed by atoms with Gasteiger partial charge in [0.15, 0.2) is 11.5 Å². The molecule has 0 saturated carbocycles. The first kappa shape index (κ1) is 10.6. The predicted octanol–water partition coefficient (Wildman–Crippen LogP) is 3.05. The first-order valence-corrected chi connectivity index (χ1v) is 4.58. The topological polar surface area (TPSA) is 18.5 Å². The lowest BCUT2D eigenvalue weighted by molar-refractivity contribution is 0.354. The Morgan fingerprint density at radius 2 is 1.64 bits per heavy atom. The molecule has 0 radical (unpaired) electrons. The van der Waals surface area contributed by atoms with Gasteiger partial charge in [0.1, 0.15) is 0 Å². The highest BCUT2D eigenvalue weighted by Crippen LogP contribution is 2.30. The minimum atomic E-state index is 0.770. The van der Waals surface area contributed by atoms with Gasteiger partial charge >= 0.3 is 0 Å². The zero-order chi connectivity index (χ0) is 10.6. The van der Waals surface area contributed by atoms with E-state index in [0.717, 1.165) is 17.1 Å². The molecule has 1 aromatic carbocycles. The first-order chi connectivity index (χ1) is 6.72. The van der Waals surface area contributed by atoms with Gasteiger partial charge in [-0.05, 0) is 37.1 Å². The van der Waals surface area contributed by atoms with Crippen LogP contribution in [0.3, 0.4) is 0 Å². The summed E-state index contributed by atoms with van der Waals surface area (Å²) in [6.07, 6.45) is 4.06. The van der Waals surface area contributed by atoms with Gasteiger partial charge in [0.05, 0.1) is 14.2 Å². The Morgan fingerprint density at radius 1 is 1.07 bits per heavy atom. The second-order valence-electron chi connectivity index (χ2n) is 3.06. The van der Waals surface area contributed by atoms with Crippen molar-refractivity contribution in [3.8, 4) is 11.5 Å². The summed E-state index contributed by atoms with van der Waals surface area (Å²) in [6, 6.07) is 3.96. The van der Waals surface area contributed by atoms with Crippen molar-refractivity contribution in [1.29, 1.82) is 0 Å². The highest BCUT2D eigenvalue weighted by molar-refractivity contribution is 5.59. The van der Waals surface area contributed by atoms with E-state index in [1.807, 2.05) is 25.1 Å². The number of rotatable bonds is 3. The predicted molar refractivity (Wildman–Crippen MR) is 59.0 cm³/mol. The summed E-state index contributed by atoms with van der Waals surface area (Å²) in [4.78, 5) is 0. The standard InChI is InChI=1S/C12H16O2/c1-5-6-10-8-12(14-4)11(13-3)7-9(10)2/h5-8H,1-4H3. The number of ether oxygens (including phenoxy) is 2. The minimum Gasteiger partial charge on any atom is -0.493 e. The molecule has 0 aliphatic rings. The maximum atomic E-state index is 5.22. The van der Waals surface area contributed by atoms with Crippen LogP contribution in [0.2, 0.25) is 0 Å². The van der Waals surface area contributed by atoms with Crippen LogP contribution in [0.15, 0.2) is 18.2 Å². The monoisotopic (exact) mass is 192 g/mol. The van der Waals surface area contributed by atoms with Crippen molar-refractivity contribution in [1.82, 2.24) is 0 Å². The van der Waals surface area contributed by atoms with Crippen molar-refractivity contribution in [3.63, 3.8) is 0 Å². The Kier molecular flexibility index (Phi) is 3.57. The zero-order valence-electron chi connectivity index (χ0n) is 9.13. The van der Waals surface area contributed by atoms with E-state index >= 15 is 0 Å². The van der Waals surface area contributed by atoms with Crippen molar-refractivity contribution in [2.45, 2.75) is 13.8 Å². The third kappa shape index (κ3) is 2.08. The summed E-state index contributed by atoms with van der Waals surface area (Å²) < 4.78 is 10.4. The van der Waals surface area contributed by atoms with Gasteiger partial charge in [0.25, 0.3) is 0 Å². The van der Waals surface area contributed by atoms with Crippen LogP contribution >= 0.6 is 0 Å². The number of hydrogen-bond acceptors (Lipinski definition) is 2.